The fourth-order valence-electron chi connectivity index (χ4n) is 1.46. The molecule has 0 saturated heterocycles. The van der Waals surface area contributed by atoms with Gasteiger partial charge in [-0.25, -0.2) is 22.2 Å². The first-order valence-corrected chi connectivity index (χ1v) is 6.78. The van der Waals surface area contributed by atoms with E-state index in [9.17, 15) is 17.2 Å². The molecule has 0 atom stereocenters. The number of sulfonamides is 1. The molecule has 0 spiro atoms. The van der Waals surface area contributed by atoms with Crippen LogP contribution in [0.4, 0.5) is 14.6 Å². The molecule has 100 valence electrons. The van der Waals surface area contributed by atoms with E-state index < -0.39 is 26.6 Å². The minimum atomic E-state index is -4.22. The van der Waals surface area contributed by atoms with Crippen LogP contribution in [0.5, 0.6) is 0 Å². The molecule has 0 unspecified atom stereocenters. The highest BCUT2D eigenvalue weighted by molar-refractivity contribution is 7.92. The lowest BCUT2D eigenvalue weighted by Gasteiger charge is -2.09. The summed E-state index contributed by atoms with van der Waals surface area (Å²) >= 11 is 0. The Morgan fingerprint density at radius 2 is 1.95 bits per heavy atom. The second-order valence-electron chi connectivity index (χ2n) is 3.85. The lowest BCUT2D eigenvalue weighted by atomic mass is 10.3. The zero-order valence-electron chi connectivity index (χ0n) is 9.89. The van der Waals surface area contributed by atoms with Crippen molar-refractivity contribution in [2.24, 2.45) is 0 Å². The Hall–Kier alpha value is -2.02. The van der Waals surface area contributed by atoms with Gasteiger partial charge in [-0.05, 0) is 36.8 Å². The van der Waals surface area contributed by atoms with Crippen LogP contribution in [0.2, 0.25) is 0 Å². The molecule has 1 heterocycles. The van der Waals surface area contributed by atoms with E-state index in [-0.39, 0.29) is 5.82 Å². The zero-order chi connectivity index (χ0) is 14.0. The smallest absolute Gasteiger partial charge is 0.263 e. The quantitative estimate of drug-likeness (QED) is 0.942. The number of benzene rings is 1. The van der Waals surface area contributed by atoms with E-state index in [1.165, 1.54) is 6.20 Å². The van der Waals surface area contributed by atoms with Crippen LogP contribution in [-0.4, -0.2) is 13.4 Å². The van der Waals surface area contributed by atoms with Gasteiger partial charge >= 0.3 is 0 Å². The number of hydrogen-bond donors (Lipinski definition) is 1. The van der Waals surface area contributed by atoms with Gasteiger partial charge in [-0.1, -0.05) is 6.07 Å². The van der Waals surface area contributed by atoms with Crippen LogP contribution in [-0.2, 0) is 10.0 Å². The molecular weight excluding hydrogens is 274 g/mol. The maximum absolute atomic E-state index is 13.5. The van der Waals surface area contributed by atoms with Crippen molar-refractivity contribution in [1.29, 1.82) is 0 Å². The third kappa shape index (κ3) is 2.87. The largest absolute Gasteiger partial charge is 0.266 e. The molecule has 4 nitrogen and oxygen atoms in total. The van der Waals surface area contributed by atoms with Crippen molar-refractivity contribution in [1.82, 2.24) is 4.98 Å². The van der Waals surface area contributed by atoms with Crippen molar-refractivity contribution in [3.05, 3.63) is 53.7 Å². The van der Waals surface area contributed by atoms with Gasteiger partial charge in [0.1, 0.15) is 22.3 Å². The number of pyridine rings is 1. The summed E-state index contributed by atoms with van der Waals surface area (Å²) in [6.45, 7) is 1.65. The maximum atomic E-state index is 13.5. The molecule has 0 amide bonds. The summed E-state index contributed by atoms with van der Waals surface area (Å²) < 4.78 is 52.5. The summed E-state index contributed by atoms with van der Waals surface area (Å²) in [4.78, 5) is 3.08. The van der Waals surface area contributed by atoms with Gasteiger partial charge in [0, 0.05) is 6.20 Å². The molecule has 1 N–H and O–H groups in total. The Kier molecular flexibility index (Phi) is 3.48. The summed E-state index contributed by atoms with van der Waals surface area (Å²) in [5.41, 5.74) is 0.572. The van der Waals surface area contributed by atoms with Crippen LogP contribution in [0.25, 0.3) is 0 Å². The van der Waals surface area contributed by atoms with Crippen molar-refractivity contribution < 1.29 is 17.2 Å². The molecule has 0 aliphatic rings. The second-order valence-corrected chi connectivity index (χ2v) is 5.50. The molecule has 1 aromatic carbocycles. The van der Waals surface area contributed by atoms with E-state index in [0.29, 0.717) is 11.6 Å². The molecule has 0 fully saturated rings. The monoisotopic (exact) mass is 284 g/mol. The van der Waals surface area contributed by atoms with Gasteiger partial charge in [0.2, 0.25) is 0 Å². The molecule has 0 aliphatic carbocycles. The fourth-order valence-corrected chi connectivity index (χ4v) is 2.63. The molecule has 7 heteroatoms. The number of nitrogens with one attached hydrogen (secondary N) is 1. The number of aryl methyl sites for hydroxylation is 1. The summed E-state index contributed by atoms with van der Waals surface area (Å²) in [7, 11) is -4.22. The molecule has 0 radical (unpaired) electrons. The van der Waals surface area contributed by atoms with E-state index >= 15 is 0 Å². The highest BCUT2D eigenvalue weighted by atomic mass is 32.2. The van der Waals surface area contributed by atoms with Gasteiger partial charge in [-0.2, -0.15) is 0 Å². The van der Waals surface area contributed by atoms with Crippen LogP contribution in [0.3, 0.4) is 0 Å². The van der Waals surface area contributed by atoms with Gasteiger partial charge in [-0.3, -0.25) is 4.72 Å². The van der Waals surface area contributed by atoms with E-state index in [1.54, 1.807) is 19.1 Å². The molecule has 1 aromatic heterocycles. The van der Waals surface area contributed by atoms with E-state index in [2.05, 4.69) is 9.71 Å². The Labute approximate surface area is 109 Å². The van der Waals surface area contributed by atoms with Gasteiger partial charge in [-0.15, -0.1) is 0 Å². The number of halogens is 2. The number of rotatable bonds is 3. The van der Waals surface area contributed by atoms with Crippen LogP contribution < -0.4 is 4.72 Å². The summed E-state index contributed by atoms with van der Waals surface area (Å²) in [6, 6.07) is 5.51. The van der Waals surface area contributed by atoms with Crippen molar-refractivity contribution in [3.8, 4) is 0 Å². The van der Waals surface area contributed by atoms with Gasteiger partial charge in [0.25, 0.3) is 10.0 Å². The first kappa shape index (κ1) is 13.4. The Bertz CT molecular complexity index is 717. The van der Waals surface area contributed by atoms with Gasteiger partial charge in [0.05, 0.1) is 0 Å². The topological polar surface area (TPSA) is 59.1 Å². The first-order chi connectivity index (χ1) is 8.90. The molecule has 0 saturated carbocycles. The van der Waals surface area contributed by atoms with Crippen LogP contribution >= 0.6 is 0 Å². The minimum Gasteiger partial charge on any atom is -0.263 e. The molecule has 2 rings (SSSR count). The number of nitrogens with zero attached hydrogens (tertiary/aromatic N) is 1. The Morgan fingerprint density at radius 3 is 2.63 bits per heavy atom. The Balaban J connectivity index is 2.44. The van der Waals surface area contributed by atoms with Crippen LogP contribution in [0.1, 0.15) is 5.56 Å². The molecule has 0 bridgehead atoms. The maximum Gasteiger partial charge on any atom is 0.266 e. The number of anilines is 1. The normalized spacial score (nSPS) is 11.3. The third-order valence-electron chi connectivity index (χ3n) is 2.42. The number of aromatic nitrogens is 1. The summed E-state index contributed by atoms with van der Waals surface area (Å²) in [5.74, 6) is -1.78. The Morgan fingerprint density at radius 1 is 1.21 bits per heavy atom. The van der Waals surface area contributed by atoms with Gasteiger partial charge < -0.3 is 0 Å². The fraction of sp³-hybridized carbons (Fsp3) is 0.0833. The summed E-state index contributed by atoms with van der Waals surface area (Å²) in [5, 5.41) is 0. The average Bonchev–Trinajstić information content (AvgIpc) is 2.35. The molecular formula is C12H10F2N2O2S. The van der Waals surface area contributed by atoms with Crippen molar-refractivity contribution in [2.45, 2.75) is 11.8 Å². The van der Waals surface area contributed by atoms with E-state index in [0.717, 1.165) is 12.1 Å². The van der Waals surface area contributed by atoms with Crippen LogP contribution in [0, 0.1) is 18.6 Å². The van der Waals surface area contributed by atoms with Crippen molar-refractivity contribution in [2.75, 3.05) is 4.72 Å². The average molecular weight is 284 g/mol. The molecule has 0 aliphatic heterocycles. The predicted molar refractivity (Wildman–Crippen MR) is 66.1 cm³/mol. The third-order valence-corrected chi connectivity index (χ3v) is 3.78. The number of hydrogen-bond acceptors (Lipinski definition) is 3. The lowest BCUT2D eigenvalue weighted by molar-refractivity contribution is 0.555. The van der Waals surface area contributed by atoms with Crippen molar-refractivity contribution in [3.63, 3.8) is 0 Å². The highest BCUT2D eigenvalue weighted by Gasteiger charge is 2.21. The van der Waals surface area contributed by atoms with Gasteiger partial charge in [0.15, 0.2) is 0 Å². The standard InChI is InChI=1S/C12H10F2N2O2S/c1-8-3-2-6-15-12(8)16-19(17,18)11-7-9(13)4-5-10(11)14/h2-7H,1H3,(H,15,16). The molecule has 19 heavy (non-hydrogen) atoms. The van der Waals surface area contributed by atoms with E-state index in [1.807, 2.05) is 0 Å². The predicted octanol–water partition coefficient (Wildman–Crippen LogP) is 2.47. The summed E-state index contributed by atoms with van der Waals surface area (Å²) in [6.07, 6.45) is 1.40. The van der Waals surface area contributed by atoms with E-state index in [4.69, 9.17) is 0 Å². The van der Waals surface area contributed by atoms with Crippen LogP contribution in [0.15, 0.2) is 41.4 Å². The minimum absolute atomic E-state index is 0.0751. The second kappa shape index (κ2) is 4.93. The van der Waals surface area contributed by atoms with Crippen molar-refractivity contribution >= 4 is 15.8 Å². The SMILES string of the molecule is Cc1cccnc1NS(=O)(=O)c1cc(F)ccc1F. The molecule has 2 aromatic rings. The lowest BCUT2D eigenvalue weighted by Crippen LogP contribution is -2.16. The highest BCUT2D eigenvalue weighted by Crippen LogP contribution is 2.20. The zero-order valence-corrected chi connectivity index (χ0v) is 10.7. The first-order valence-electron chi connectivity index (χ1n) is 5.29.